The number of carboxylic acids is 4. The SMILES string of the molecule is CC(=O)C(=O)Cl.CC(=O)C(C)c1ccc(S(C)(=O)=O)c(F)c1.CC(C(=O)O)c1ccc(S(C)(=O)=O)c(F)c1.CC(C)(C)c1cc(CN)n(-c2cccc(Cl)c2)n1.CSc1ccc(C(=O)C(=O)O)cc1F.CSc1ccc(C(=O)C(C)=O)cc1F.CSc1ccc(C(C)C(=O)O)cc1F.CSc1ccc(C(C)C(C)=O)cc1F.CSc1ccc(CC(=O)O)cc1F.CSc1ccccc1F.Fc1ccccc1S. The van der Waals surface area contributed by atoms with Crippen molar-refractivity contribution in [1.82, 2.24) is 9.78 Å². The Morgan fingerprint density at radius 2 is 0.754 bits per heavy atom. The van der Waals surface area contributed by atoms with E-state index in [2.05, 4.69) is 56.2 Å². The second-order valence-electron chi connectivity index (χ2n) is 30.5. The van der Waals surface area contributed by atoms with Gasteiger partial charge in [-0.1, -0.05) is 107 Å². The van der Waals surface area contributed by atoms with E-state index in [1.54, 1.807) is 106 Å². The molecule has 0 aliphatic carbocycles. The summed E-state index contributed by atoms with van der Waals surface area (Å²) in [5, 5.41) is 38.7. The van der Waals surface area contributed by atoms with E-state index in [1.807, 2.05) is 47.5 Å². The number of thioether (sulfide) groups is 6. The van der Waals surface area contributed by atoms with Crippen LogP contribution in [-0.4, -0.2) is 161 Å². The number of hydrogen-bond acceptors (Lipinski definition) is 24. The normalized spacial score (nSPS) is 11.3. The smallest absolute Gasteiger partial charge is 0.377 e. The van der Waals surface area contributed by atoms with Crippen molar-refractivity contribution in [2.75, 3.05) is 50.0 Å². The van der Waals surface area contributed by atoms with Crippen LogP contribution in [0.5, 0.6) is 0 Å². The molecule has 4 atom stereocenters. The minimum atomic E-state index is -3.62. The summed E-state index contributed by atoms with van der Waals surface area (Å²) in [5.74, 6) is -13.9. The molecule has 142 heavy (non-hydrogen) atoms. The van der Waals surface area contributed by atoms with Gasteiger partial charge in [-0.05, 0) is 250 Å². The number of carboxylic acid groups (broad SMARTS) is 4. The maximum absolute atomic E-state index is 13.5. The summed E-state index contributed by atoms with van der Waals surface area (Å²) in [6, 6.07) is 51.5. The number of halogens is 11. The number of sulfone groups is 2. The van der Waals surface area contributed by atoms with Crippen LogP contribution in [0.2, 0.25) is 5.02 Å². The molecule has 10 aromatic carbocycles. The van der Waals surface area contributed by atoms with E-state index < -0.39 is 118 Å². The summed E-state index contributed by atoms with van der Waals surface area (Å²) in [7, 11) is -7.17. The number of ketones is 6. The van der Waals surface area contributed by atoms with Gasteiger partial charge in [-0.3, -0.25) is 47.9 Å². The van der Waals surface area contributed by atoms with E-state index in [-0.39, 0.29) is 80.0 Å². The van der Waals surface area contributed by atoms with Crippen LogP contribution in [0.15, 0.2) is 250 Å². The molecule has 1 heterocycles. The lowest BCUT2D eigenvalue weighted by molar-refractivity contribution is -0.139. The molecule has 766 valence electrons. The number of aromatic nitrogens is 2. The van der Waals surface area contributed by atoms with Crippen LogP contribution in [0.1, 0.15) is 160 Å². The van der Waals surface area contributed by atoms with Crippen LogP contribution in [0, 0.1) is 52.4 Å². The first kappa shape index (κ1) is 129. The highest BCUT2D eigenvalue weighted by atomic mass is 35.5. The predicted octanol–water partition coefficient (Wildman–Crippen LogP) is 23.9. The van der Waals surface area contributed by atoms with E-state index >= 15 is 0 Å². The van der Waals surface area contributed by atoms with Crippen LogP contribution in [-0.2, 0) is 81.2 Å². The van der Waals surface area contributed by atoms with Gasteiger partial charge >= 0.3 is 23.9 Å². The molecule has 0 fully saturated rings. The molecule has 0 saturated heterocycles. The molecule has 11 aromatic rings. The fraction of sp³-hybridized carbons (Fsp3) is 0.260. The van der Waals surface area contributed by atoms with Gasteiger partial charge in [0, 0.05) is 101 Å². The zero-order valence-corrected chi connectivity index (χ0v) is 89.0. The van der Waals surface area contributed by atoms with Crippen LogP contribution in [0.25, 0.3) is 5.69 Å². The Balaban J connectivity index is 0.000000788. The van der Waals surface area contributed by atoms with Gasteiger partial charge in [-0.15, -0.1) is 83.2 Å². The van der Waals surface area contributed by atoms with E-state index in [9.17, 15) is 109 Å². The molecule has 0 amide bonds. The fourth-order valence-corrected chi connectivity index (χ4v) is 15.2. The Hall–Kier alpha value is -10.8. The number of Topliss-reactive ketones (excluding diaryl/α,β-unsaturated/α-hetero) is 6. The van der Waals surface area contributed by atoms with Crippen molar-refractivity contribution in [1.29, 1.82) is 0 Å². The maximum Gasteiger partial charge on any atom is 0.377 e. The van der Waals surface area contributed by atoms with Crippen molar-refractivity contribution in [2.24, 2.45) is 5.73 Å². The summed E-state index contributed by atoms with van der Waals surface area (Å²) < 4.78 is 164. The van der Waals surface area contributed by atoms with Gasteiger partial charge in [0.15, 0.2) is 25.5 Å². The van der Waals surface area contributed by atoms with Crippen molar-refractivity contribution in [3.05, 3.63) is 314 Å². The second kappa shape index (κ2) is 63.4. The summed E-state index contributed by atoms with van der Waals surface area (Å²) in [6.45, 7) is 18.5. The van der Waals surface area contributed by atoms with Gasteiger partial charge in [-0.25, -0.2) is 65.8 Å². The van der Waals surface area contributed by atoms with E-state index in [4.69, 9.17) is 37.8 Å². The summed E-state index contributed by atoms with van der Waals surface area (Å²) in [5.41, 5.74) is 11.2. The Bertz CT molecular complexity index is 6200. The van der Waals surface area contributed by atoms with Gasteiger partial charge in [0.25, 0.3) is 11.0 Å². The lowest BCUT2D eigenvalue weighted by Gasteiger charge is -2.14. The molecule has 22 nitrogen and oxygen atoms in total. The number of thiol groups is 1. The second-order valence-corrected chi connectivity index (χ2v) is 40.9. The minimum absolute atomic E-state index is 0.00768. The Morgan fingerprint density at radius 1 is 0.415 bits per heavy atom. The van der Waals surface area contributed by atoms with Crippen molar-refractivity contribution < 1.29 is 130 Å². The number of nitrogens with two attached hydrogens (primary N) is 1. The molecule has 4 unspecified atom stereocenters. The van der Waals surface area contributed by atoms with E-state index in [0.29, 0.717) is 62.5 Å². The highest BCUT2D eigenvalue weighted by Gasteiger charge is 2.25. The first-order chi connectivity index (χ1) is 66.0. The third kappa shape index (κ3) is 45.5. The lowest BCUT2D eigenvalue weighted by Crippen LogP contribution is -2.12. The number of benzene rings is 10. The fourth-order valence-electron chi connectivity index (χ4n) is 10.6. The van der Waals surface area contributed by atoms with Gasteiger partial charge < -0.3 is 26.2 Å². The third-order valence-electron chi connectivity index (χ3n) is 18.9. The Kier molecular flexibility index (Phi) is 57.7. The lowest BCUT2D eigenvalue weighted by atomic mass is 9.92. The number of carbonyl (C=O) groups excluding carboxylic acids is 7. The highest BCUT2D eigenvalue weighted by molar-refractivity contribution is 7.99. The highest BCUT2D eigenvalue weighted by Crippen LogP contribution is 2.31. The quantitative estimate of drug-likeness (QED) is 0.00773. The topological polar surface area (TPSA) is 381 Å². The zero-order chi connectivity index (χ0) is 109. The first-order valence-electron chi connectivity index (χ1n) is 41.2. The molecule has 0 spiro atoms. The average Bonchev–Trinajstić information content (AvgIpc) is 1.66. The molecule has 6 N–H and O–H groups in total. The van der Waals surface area contributed by atoms with Crippen molar-refractivity contribution >= 4 is 190 Å². The number of rotatable bonds is 25. The zero-order valence-electron chi connectivity index (χ0n) is 80.1. The maximum atomic E-state index is 13.5. The van der Waals surface area contributed by atoms with E-state index in [0.717, 1.165) is 72.4 Å². The predicted molar refractivity (Wildman–Crippen MR) is 547 cm³/mol. The van der Waals surface area contributed by atoms with Crippen LogP contribution in [0.3, 0.4) is 0 Å². The Morgan fingerprint density at radius 3 is 1.04 bits per heavy atom. The van der Waals surface area contributed by atoms with Crippen molar-refractivity contribution in [2.45, 2.75) is 162 Å². The summed E-state index contributed by atoms with van der Waals surface area (Å²) in [6.07, 6.45) is 12.4. The summed E-state index contributed by atoms with van der Waals surface area (Å²) >= 11 is 22.3. The monoisotopic (exact) mass is 2180 g/mol. The molecular weight excluding hydrogens is 2080 g/mol. The molecule has 1 aromatic heterocycles. The molecule has 0 aliphatic heterocycles. The molecule has 0 radical (unpaired) electrons. The van der Waals surface area contributed by atoms with Crippen molar-refractivity contribution in [3.8, 4) is 5.69 Å². The number of nitrogens with zero attached hydrogens (tertiary/aromatic N) is 2. The van der Waals surface area contributed by atoms with Crippen LogP contribution >= 0.6 is 106 Å². The number of carbonyl (C=O) groups is 11. The molecule has 42 heteroatoms. The average molecular weight is 2180 g/mol. The van der Waals surface area contributed by atoms with Crippen molar-refractivity contribution in [3.63, 3.8) is 0 Å². The largest absolute Gasteiger partial charge is 0.481 e. The van der Waals surface area contributed by atoms with Gasteiger partial charge in [0.1, 0.15) is 73.7 Å². The third-order valence-corrected chi connectivity index (χ3v) is 26.7. The molecule has 11 rings (SSSR count). The van der Waals surface area contributed by atoms with Crippen LogP contribution in [0.4, 0.5) is 39.5 Å². The van der Waals surface area contributed by atoms with Gasteiger partial charge in [0.05, 0.1) is 35.3 Å². The molecular formula is C100H106Cl2F9N3O19S9. The molecule has 0 saturated carbocycles. The first-order valence-corrected chi connectivity index (χ1v) is 53.5. The Labute approximate surface area is 860 Å². The van der Waals surface area contributed by atoms with Crippen LogP contribution < -0.4 is 5.73 Å². The number of hydrogen-bond donors (Lipinski definition) is 6. The van der Waals surface area contributed by atoms with E-state index in [1.165, 1.54) is 178 Å². The van der Waals surface area contributed by atoms with Gasteiger partial charge in [0.2, 0.25) is 11.6 Å². The molecule has 0 aliphatic rings. The summed E-state index contributed by atoms with van der Waals surface area (Å²) in [4.78, 5) is 119. The number of aliphatic carboxylic acids is 4. The van der Waals surface area contributed by atoms with Gasteiger partial charge in [-0.2, -0.15) is 5.10 Å². The molecule has 0 bridgehead atoms. The minimum Gasteiger partial charge on any atom is -0.481 e. The standard InChI is InChI=1S/C14H18ClN3.C11H13FO3S.C11H13FOS.C10H11FO4S.C10H9FO2S.C10H11FO2S.C9H7FO3S.C9H9FO2S.C7H7FS.C6H5FS.C3H3ClO2/c1-14(2,3)13-8-12(9-16)18(17-13)11-6-4-5-10(15)7-11;1-7(8(2)13)9-4-5-11(10(12)6-9)16(3,14)15;1-7(8(2)13)9-4-5-11(14-3)10(12)6-9;1-6(10(12)13)7-3-4-9(8(11)5-7)16(2,14)15;1-6(12)10(13)7-3-4-9(14-2)8(11)5-7;1-6(10(12)13)7-3-4-9(14-2)8(11)5-7;1-14-7-3-2-5(4-6(7)10)8(11)9(12)13;1-13-8-3-2-6(4-7(8)10)5-9(11)12;1-9-7-5-3-2-4-6(7)8;7-5-3-1-2-4-6(5)8;1-2(5)3(4)6/h4-8H,9,16H2,1-3H3;4-7H,1-3H3;4-7H,1-3H3;3-6H,1-2H3,(H,12,13);3-5H,1-2H3;3-6H,1-2H3,(H,12,13);2-4H,1H3,(H,12,13);2-4H,5H2,1H3,(H,11,12);2-5H,1H3;1-4,8H;1H3.